The maximum atomic E-state index is 13.5. The van der Waals surface area contributed by atoms with E-state index in [1.807, 2.05) is 0 Å². The molecule has 0 aromatic carbocycles. The number of carbonyl (C=O) groups is 1. The summed E-state index contributed by atoms with van der Waals surface area (Å²) in [4.78, 5) is 15.7. The minimum atomic E-state index is -0.564. The predicted octanol–water partition coefficient (Wildman–Crippen LogP) is 4.30. The van der Waals surface area contributed by atoms with Crippen molar-refractivity contribution in [1.82, 2.24) is 0 Å². The Bertz CT molecular complexity index is 534. The van der Waals surface area contributed by atoms with Crippen molar-refractivity contribution in [3.63, 3.8) is 0 Å². The summed E-state index contributed by atoms with van der Waals surface area (Å²) >= 11 is 11.2. The molecule has 0 radical (unpaired) electrons. The number of halogens is 2. The van der Waals surface area contributed by atoms with Crippen molar-refractivity contribution in [3.05, 3.63) is 15.0 Å². The van der Waals surface area contributed by atoms with Crippen LogP contribution in [0, 0.1) is 5.13 Å². The van der Waals surface area contributed by atoms with E-state index in [1.54, 1.807) is 0 Å². The van der Waals surface area contributed by atoms with Crippen LogP contribution in [0.3, 0.4) is 0 Å². The molecule has 7 heteroatoms. The molecular formula is C12H11ClFNO2S2. The smallest absolute Gasteiger partial charge is 0.311 e. The third-order valence-corrected chi connectivity index (χ3v) is 4.49. The molecule has 0 atom stereocenters. The second-order valence-electron chi connectivity index (χ2n) is 4.24. The monoisotopic (exact) mass is 319 g/mol. The number of hydrogen-bond acceptors (Lipinski definition) is 5. The first kappa shape index (κ1) is 14.6. The Labute approximate surface area is 124 Å². The van der Waals surface area contributed by atoms with Crippen LogP contribution in [0.5, 0.6) is 0 Å². The molecule has 3 nitrogen and oxygen atoms in total. The molecule has 1 aromatic rings. The Morgan fingerprint density at radius 2 is 2.26 bits per heavy atom. The van der Waals surface area contributed by atoms with Crippen molar-refractivity contribution < 1.29 is 13.9 Å². The average Bonchev–Trinajstić information content (AvgIpc) is 2.94. The van der Waals surface area contributed by atoms with Gasteiger partial charge in [-0.15, -0.1) is 11.3 Å². The third kappa shape index (κ3) is 3.60. The van der Waals surface area contributed by atoms with Crippen LogP contribution in [0.15, 0.2) is 4.99 Å². The molecule has 0 saturated heterocycles. The second kappa shape index (κ2) is 6.57. The van der Waals surface area contributed by atoms with Crippen LogP contribution in [-0.2, 0) is 16.0 Å². The van der Waals surface area contributed by atoms with Gasteiger partial charge in [-0.25, -0.2) is 0 Å². The predicted molar refractivity (Wildman–Crippen MR) is 76.0 cm³/mol. The van der Waals surface area contributed by atoms with E-state index in [-0.39, 0.29) is 29.2 Å². The Balaban J connectivity index is 2.04. The molecule has 0 aliphatic heterocycles. The molecule has 0 N–H and O–H groups in total. The number of hydrogen-bond donors (Lipinski definition) is 0. The van der Waals surface area contributed by atoms with E-state index in [0.29, 0.717) is 4.88 Å². The Hall–Kier alpha value is -0.810. The molecule has 1 heterocycles. The van der Waals surface area contributed by atoms with Crippen molar-refractivity contribution in [2.45, 2.75) is 38.2 Å². The van der Waals surface area contributed by atoms with Crippen molar-refractivity contribution >= 4 is 52.0 Å². The van der Waals surface area contributed by atoms with Gasteiger partial charge in [-0.3, -0.25) is 4.79 Å². The molecule has 1 fully saturated rings. The summed E-state index contributed by atoms with van der Waals surface area (Å²) in [6.45, 7) is 0. The second-order valence-corrected chi connectivity index (χ2v) is 5.85. The standard InChI is InChI=1S/C12H11ClFNO2S2/c13-10-8(19-12(14)11(10)15-6-18)5-9(16)17-7-3-1-2-4-7/h7H,1-5H2. The van der Waals surface area contributed by atoms with Crippen molar-refractivity contribution in [2.24, 2.45) is 4.99 Å². The van der Waals surface area contributed by atoms with Crippen LogP contribution >= 0.6 is 35.2 Å². The molecule has 19 heavy (non-hydrogen) atoms. The van der Waals surface area contributed by atoms with Gasteiger partial charge in [0.1, 0.15) is 11.8 Å². The highest BCUT2D eigenvalue weighted by molar-refractivity contribution is 7.78. The molecule has 1 aromatic heterocycles. The first-order valence-corrected chi connectivity index (χ1v) is 7.46. The van der Waals surface area contributed by atoms with Gasteiger partial charge in [0.25, 0.3) is 0 Å². The summed E-state index contributed by atoms with van der Waals surface area (Å²) in [5, 5.41) is 1.62. The summed E-state index contributed by atoms with van der Waals surface area (Å²) in [6, 6.07) is 0. The summed E-state index contributed by atoms with van der Waals surface area (Å²) in [5.74, 6) is -0.382. The number of rotatable bonds is 4. The maximum absolute atomic E-state index is 13.5. The zero-order valence-electron chi connectivity index (χ0n) is 9.95. The number of isothiocyanates is 1. The lowest BCUT2D eigenvalue weighted by atomic mass is 10.3. The fraction of sp³-hybridized carbons (Fsp3) is 0.500. The Morgan fingerprint density at radius 3 is 2.89 bits per heavy atom. The van der Waals surface area contributed by atoms with Crippen molar-refractivity contribution in [2.75, 3.05) is 0 Å². The quantitative estimate of drug-likeness (QED) is 0.472. The van der Waals surface area contributed by atoms with E-state index in [4.69, 9.17) is 16.3 Å². The van der Waals surface area contributed by atoms with Gasteiger partial charge in [0, 0.05) is 4.88 Å². The van der Waals surface area contributed by atoms with E-state index >= 15 is 0 Å². The Morgan fingerprint density at radius 1 is 1.58 bits per heavy atom. The highest BCUT2D eigenvalue weighted by atomic mass is 35.5. The van der Waals surface area contributed by atoms with Crippen LogP contribution in [0.25, 0.3) is 0 Å². The first-order valence-electron chi connectivity index (χ1n) is 5.86. The van der Waals surface area contributed by atoms with Crippen LogP contribution in [-0.4, -0.2) is 17.2 Å². The molecular weight excluding hydrogens is 309 g/mol. The van der Waals surface area contributed by atoms with E-state index < -0.39 is 5.13 Å². The van der Waals surface area contributed by atoms with E-state index in [0.717, 1.165) is 37.0 Å². The summed E-state index contributed by atoms with van der Waals surface area (Å²) in [6.07, 6.45) is 3.93. The van der Waals surface area contributed by atoms with Gasteiger partial charge < -0.3 is 4.74 Å². The topological polar surface area (TPSA) is 38.7 Å². The zero-order chi connectivity index (χ0) is 13.8. The largest absolute Gasteiger partial charge is 0.462 e. The SMILES string of the molecule is O=C(Cc1sc(F)c(N=C=S)c1Cl)OC1CCCC1. The van der Waals surface area contributed by atoms with Crippen LogP contribution in [0.2, 0.25) is 5.02 Å². The number of thiophene rings is 1. The molecule has 2 rings (SSSR count). The van der Waals surface area contributed by atoms with Crippen LogP contribution < -0.4 is 0 Å². The minimum Gasteiger partial charge on any atom is -0.462 e. The maximum Gasteiger partial charge on any atom is 0.311 e. The zero-order valence-corrected chi connectivity index (χ0v) is 12.3. The van der Waals surface area contributed by atoms with Gasteiger partial charge in [-0.2, -0.15) is 9.38 Å². The number of nitrogens with zero attached hydrogens (tertiary/aromatic N) is 1. The van der Waals surface area contributed by atoms with Gasteiger partial charge >= 0.3 is 5.97 Å². The molecule has 0 spiro atoms. The third-order valence-electron chi connectivity index (χ3n) is 2.91. The fourth-order valence-corrected chi connectivity index (χ4v) is 3.33. The molecule has 0 bridgehead atoms. The van der Waals surface area contributed by atoms with Gasteiger partial charge in [-0.05, 0) is 37.9 Å². The molecule has 1 saturated carbocycles. The fourth-order valence-electron chi connectivity index (χ4n) is 2.04. The van der Waals surface area contributed by atoms with Gasteiger partial charge in [0.05, 0.1) is 16.6 Å². The van der Waals surface area contributed by atoms with Crippen molar-refractivity contribution in [1.29, 1.82) is 0 Å². The molecule has 1 aliphatic rings. The highest BCUT2D eigenvalue weighted by Crippen LogP contribution is 2.38. The van der Waals surface area contributed by atoms with E-state index in [9.17, 15) is 9.18 Å². The molecule has 0 amide bonds. The number of esters is 1. The number of ether oxygens (including phenoxy) is 1. The normalized spacial score (nSPS) is 15.3. The number of aliphatic imine (C=N–C) groups is 1. The van der Waals surface area contributed by atoms with Crippen LogP contribution in [0.4, 0.5) is 10.1 Å². The lowest BCUT2D eigenvalue weighted by Crippen LogP contribution is -2.16. The molecule has 0 unspecified atom stereocenters. The van der Waals surface area contributed by atoms with E-state index in [2.05, 4.69) is 22.4 Å². The highest BCUT2D eigenvalue weighted by Gasteiger charge is 2.22. The van der Waals surface area contributed by atoms with Crippen LogP contribution in [0.1, 0.15) is 30.6 Å². The summed E-state index contributed by atoms with van der Waals surface area (Å²) in [7, 11) is 0. The van der Waals surface area contributed by atoms with Gasteiger partial charge in [0.15, 0.2) is 0 Å². The molecule has 1 aliphatic carbocycles. The van der Waals surface area contributed by atoms with Crippen molar-refractivity contribution in [3.8, 4) is 0 Å². The van der Waals surface area contributed by atoms with Gasteiger partial charge in [0.2, 0.25) is 5.13 Å². The summed E-state index contributed by atoms with van der Waals surface area (Å²) in [5.41, 5.74) is -0.0506. The number of carbonyl (C=O) groups excluding carboxylic acids is 1. The number of thiocarbonyl (C=S) groups is 1. The Kier molecular flexibility index (Phi) is 5.05. The van der Waals surface area contributed by atoms with E-state index in [1.165, 1.54) is 0 Å². The summed E-state index contributed by atoms with van der Waals surface area (Å²) < 4.78 is 18.8. The lowest BCUT2D eigenvalue weighted by Gasteiger charge is -2.10. The van der Waals surface area contributed by atoms with Gasteiger partial charge in [-0.1, -0.05) is 11.6 Å². The minimum absolute atomic E-state index is 0.00505. The average molecular weight is 320 g/mol. The molecule has 102 valence electrons. The first-order chi connectivity index (χ1) is 9.11. The lowest BCUT2D eigenvalue weighted by molar-refractivity contribution is -0.147.